The first-order valence-corrected chi connectivity index (χ1v) is 8.34. The molecule has 0 aromatic heterocycles. The van der Waals surface area contributed by atoms with E-state index in [1.807, 2.05) is 0 Å². The quantitative estimate of drug-likeness (QED) is 0.813. The van der Waals surface area contributed by atoms with Gasteiger partial charge >= 0.3 is 0 Å². The summed E-state index contributed by atoms with van der Waals surface area (Å²) in [7, 11) is 0. The van der Waals surface area contributed by atoms with Crippen LogP contribution in [-0.4, -0.2) is 36.7 Å². The van der Waals surface area contributed by atoms with Crippen molar-refractivity contribution in [1.82, 2.24) is 10.6 Å². The smallest absolute Gasteiger partial charge is 0.225 e. The molecule has 114 valence electrons. The molecule has 3 rings (SSSR count). The van der Waals surface area contributed by atoms with Crippen molar-refractivity contribution >= 4 is 5.91 Å². The van der Waals surface area contributed by atoms with Gasteiger partial charge in [-0.25, -0.2) is 0 Å². The Morgan fingerprint density at radius 2 is 2.10 bits per heavy atom. The van der Waals surface area contributed by atoms with Crippen LogP contribution in [-0.2, 0) is 9.53 Å². The summed E-state index contributed by atoms with van der Waals surface area (Å²) in [6.45, 7) is 3.69. The van der Waals surface area contributed by atoms with Gasteiger partial charge in [0.2, 0.25) is 5.91 Å². The maximum atomic E-state index is 12.3. The molecule has 1 spiro atoms. The van der Waals surface area contributed by atoms with Gasteiger partial charge in [0.25, 0.3) is 0 Å². The molecule has 0 radical (unpaired) electrons. The Bertz CT molecular complexity index is 347. The standard InChI is InChI=1S/C16H28N2O2/c1-12-9-13(11-20-12)15(19)18-14-5-8-17-16(10-14)6-3-2-4-7-16/h12-14,17H,2-11H2,1H3,(H,18,19). The maximum Gasteiger partial charge on any atom is 0.225 e. The van der Waals surface area contributed by atoms with Crippen molar-refractivity contribution in [3.8, 4) is 0 Å². The van der Waals surface area contributed by atoms with Gasteiger partial charge < -0.3 is 15.4 Å². The SMILES string of the molecule is CC1CC(C(=O)NC2CCNC3(CCCCC3)C2)CO1. The third kappa shape index (κ3) is 3.17. The third-order valence-corrected chi connectivity index (χ3v) is 5.36. The lowest BCUT2D eigenvalue weighted by molar-refractivity contribution is -0.126. The van der Waals surface area contributed by atoms with Crippen LogP contribution < -0.4 is 10.6 Å². The summed E-state index contributed by atoms with van der Waals surface area (Å²) in [5.74, 6) is 0.286. The second kappa shape index (κ2) is 6.02. The Balaban J connectivity index is 1.53. The van der Waals surface area contributed by atoms with Gasteiger partial charge in [0.15, 0.2) is 0 Å². The van der Waals surface area contributed by atoms with Crippen LogP contribution in [0.15, 0.2) is 0 Å². The minimum absolute atomic E-state index is 0.0715. The van der Waals surface area contributed by atoms with E-state index in [1.165, 1.54) is 32.1 Å². The number of ether oxygens (including phenoxy) is 1. The van der Waals surface area contributed by atoms with Gasteiger partial charge in [-0.05, 0) is 45.6 Å². The fraction of sp³-hybridized carbons (Fsp3) is 0.938. The molecule has 2 N–H and O–H groups in total. The lowest BCUT2D eigenvalue weighted by atomic mass is 9.75. The lowest BCUT2D eigenvalue weighted by Crippen LogP contribution is -2.57. The van der Waals surface area contributed by atoms with Crippen molar-refractivity contribution in [3.63, 3.8) is 0 Å². The van der Waals surface area contributed by atoms with Crippen LogP contribution >= 0.6 is 0 Å². The van der Waals surface area contributed by atoms with Crippen LogP contribution in [0.4, 0.5) is 0 Å². The summed E-state index contributed by atoms with van der Waals surface area (Å²) in [5, 5.41) is 7.03. The maximum absolute atomic E-state index is 12.3. The number of hydrogen-bond acceptors (Lipinski definition) is 3. The summed E-state index contributed by atoms with van der Waals surface area (Å²) in [6.07, 6.45) is 9.90. The fourth-order valence-corrected chi connectivity index (χ4v) is 4.21. The number of nitrogens with one attached hydrogen (secondary N) is 2. The minimum Gasteiger partial charge on any atom is -0.378 e. The molecule has 4 nitrogen and oxygen atoms in total. The van der Waals surface area contributed by atoms with Crippen LogP contribution in [0.1, 0.15) is 58.3 Å². The molecule has 3 fully saturated rings. The molecule has 1 saturated carbocycles. The monoisotopic (exact) mass is 280 g/mol. The highest BCUT2D eigenvalue weighted by Gasteiger charge is 2.38. The molecule has 1 amide bonds. The van der Waals surface area contributed by atoms with Crippen LogP contribution in [0.5, 0.6) is 0 Å². The first-order chi connectivity index (χ1) is 9.67. The predicted octanol–water partition coefficient (Wildman–Crippen LogP) is 1.98. The van der Waals surface area contributed by atoms with Crippen LogP contribution in [0.25, 0.3) is 0 Å². The number of carbonyl (C=O) groups is 1. The zero-order valence-corrected chi connectivity index (χ0v) is 12.6. The van der Waals surface area contributed by atoms with Gasteiger partial charge in [0.1, 0.15) is 0 Å². The average Bonchev–Trinajstić information content (AvgIpc) is 2.86. The van der Waals surface area contributed by atoms with Gasteiger partial charge in [-0.3, -0.25) is 4.79 Å². The van der Waals surface area contributed by atoms with Crippen molar-refractivity contribution in [2.45, 2.75) is 76.0 Å². The van der Waals surface area contributed by atoms with Gasteiger partial charge in [-0.1, -0.05) is 19.3 Å². The molecule has 0 aromatic rings. The van der Waals surface area contributed by atoms with E-state index in [-0.39, 0.29) is 17.9 Å². The zero-order valence-electron chi connectivity index (χ0n) is 12.6. The first kappa shape index (κ1) is 14.3. The molecule has 3 aliphatic rings. The highest BCUT2D eigenvalue weighted by molar-refractivity contribution is 5.79. The Morgan fingerprint density at radius 1 is 1.30 bits per heavy atom. The lowest BCUT2D eigenvalue weighted by Gasteiger charge is -2.45. The van der Waals surface area contributed by atoms with Crippen molar-refractivity contribution in [1.29, 1.82) is 0 Å². The Hall–Kier alpha value is -0.610. The van der Waals surface area contributed by atoms with Gasteiger partial charge in [-0.2, -0.15) is 0 Å². The van der Waals surface area contributed by atoms with Gasteiger partial charge in [0, 0.05) is 11.6 Å². The van der Waals surface area contributed by atoms with Gasteiger partial charge in [0.05, 0.1) is 18.6 Å². The van der Waals surface area contributed by atoms with Crippen molar-refractivity contribution in [2.75, 3.05) is 13.2 Å². The number of piperidine rings is 1. The fourth-order valence-electron chi connectivity index (χ4n) is 4.21. The molecule has 4 heteroatoms. The van der Waals surface area contributed by atoms with E-state index >= 15 is 0 Å². The molecule has 0 bridgehead atoms. The van der Waals surface area contributed by atoms with E-state index in [0.717, 1.165) is 25.8 Å². The van der Waals surface area contributed by atoms with E-state index in [2.05, 4.69) is 17.6 Å². The molecule has 3 unspecified atom stereocenters. The highest BCUT2D eigenvalue weighted by Crippen LogP contribution is 2.34. The largest absolute Gasteiger partial charge is 0.378 e. The molecule has 20 heavy (non-hydrogen) atoms. The Kier molecular flexibility index (Phi) is 4.32. The molecule has 2 saturated heterocycles. The predicted molar refractivity (Wildman–Crippen MR) is 78.5 cm³/mol. The second-order valence-electron chi connectivity index (χ2n) is 7.04. The van der Waals surface area contributed by atoms with Crippen molar-refractivity contribution < 1.29 is 9.53 Å². The number of hydrogen-bond donors (Lipinski definition) is 2. The van der Waals surface area contributed by atoms with Crippen LogP contribution in [0, 0.1) is 5.92 Å². The summed E-state index contributed by atoms with van der Waals surface area (Å²) < 4.78 is 5.51. The molecule has 2 heterocycles. The van der Waals surface area contributed by atoms with E-state index in [1.54, 1.807) is 0 Å². The van der Waals surface area contributed by atoms with Crippen molar-refractivity contribution in [2.24, 2.45) is 5.92 Å². The van der Waals surface area contributed by atoms with Crippen molar-refractivity contribution in [3.05, 3.63) is 0 Å². The molecule has 2 aliphatic heterocycles. The molecular weight excluding hydrogens is 252 g/mol. The second-order valence-corrected chi connectivity index (χ2v) is 7.04. The Morgan fingerprint density at radius 3 is 2.80 bits per heavy atom. The van der Waals surface area contributed by atoms with Crippen LogP contribution in [0.2, 0.25) is 0 Å². The molecule has 3 atom stereocenters. The normalized spacial score (nSPS) is 37.0. The molecular formula is C16H28N2O2. The molecule has 1 aliphatic carbocycles. The third-order valence-electron chi connectivity index (χ3n) is 5.36. The molecule has 0 aromatic carbocycles. The van der Waals surface area contributed by atoms with Gasteiger partial charge in [-0.15, -0.1) is 0 Å². The van der Waals surface area contributed by atoms with E-state index in [4.69, 9.17) is 4.74 Å². The van der Waals surface area contributed by atoms with E-state index in [9.17, 15) is 4.79 Å². The van der Waals surface area contributed by atoms with E-state index < -0.39 is 0 Å². The Labute approximate surface area is 122 Å². The highest BCUT2D eigenvalue weighted by atomic mass is 16.5. The minimum atomic E-state index is 0.0715. The number of rotatable bonds is 2. The summed E-state index contributed by atoms with van der Waals surface area (Å²) >= 11 is 0. The number of carbonyl (C=O) groups excluding carboxylic acids is 1. The first-order valence-electron chi connectivity index (χ1n) is 8.34. The number of amides is 1. The zero-order chi connectivity index (χ0) is 14.0. The average molecular weight is 280 g/mol. The summed E-state index contributed by atoms with van der Waals surface area (Å²) in [4.78, 5) is 12.3. The van der Waals surface area contributed by atoms with Crippen LogP contribution in [0.3, 0.4) is 0 Å². The topological polar surface area (TPSA) is 50.4 Å². The summed E-state index contributed by atoms with van der Waals surface area (Å²) in [5.41, 5.74) is 0.313. The summed E-state index contributed by atoms with van der Waals surface area (Å²) in [6, 6.07) is 0.359. The van der Waals surface area contributed by atoms with E-state index in [0.29, 0.717) is 18.2 Å².